The summed E-state index contributed by atoms with van der Waals surface area (Å²) in [5.74, 6) is -1.74. The van der Waals surface area contributed by atoms with Gasteiger partial charge in [0.2, 0.25) is 0 Å². The molecule has 9 heteroatoms. The van der Waals surface area contributed by atoms with E-state index in [9.17, 15) is 9.59 Å². The Morgan fingerprint density at radius 3 is 1.41 bits per heavy atom. The van der Waals surface area contributed by atoms with Crippen molar-refractivity contribution in [2.24, 2.45) is 0 Å². The molecule has 144 valence electrons. The first-order valence-corrected chi connectivity index (χ1v) is 15.0. The second-order valence-corrected chi connectivity index (χ2v) is 18.2. The van der Waals surface area contributed by atoms with Gasteiger partial charge in [0.05, 0.1) is 28.0 Å². The fraction of sp³-hybridized carbons (Fsp3) is 0.333. The van der Waals surface area contributed by atoms with E-state index in [0.717, 1.165) is 15.8 Å². The van der Waals surface area contributed by atoms with Gasteiger partial charge < -0.3 is 45.9 Å². The summed E-state index contributed by atoms with van der Waals surface area (Å²) in [6.07, 6.45) is 0. The summed E-state index contributed by atoms with van der Waals surface area (Å²) in [5, 5.41) is 3.66. The molecule has 0 aliphatic carbocycles. The zero-order valence-corrected chi connectivity index (χ0v) is 21.5. The number of nitrogens with one attached hydrogen (secondary N) is 2. The van der Waals surface area contributed by atoms with Crippen molar-refractivity contribution in [3.05, 3.63) is 46.9 Å². The van der Waals surface area contributed by atoms with Crippen LogP contribution in [0.15, 0.2) is 24.3 Å². The molecule has 0 aliphatic heterocycles. The van der Waals surface area contributed by atoms with Gasteiger partial charge in [0.1, 0.15) is 0 Å². The van der Waals surface area contributed by atoms with E-state index in [0.29, 0.717) is 5.39 Å². The van der Waals surface area contributed by atoms with Gasteiger partial charge in [-0.1, -0.05) is 73.9 Å². The Balaban J connectivity index is 0. The van der Waals surface area contributed by atoms with Gasteiger partial charge in [-0.25, -0.2) is 0 Å². The van der Waals surface area contributed by atoms with E-state index in [4.69, 9.17) is 11.5 Å². The summed E-state index contributed by atoms with van der Waals surface area (Å²) in [4.78, 5) is 24.3. The number of hydrogen-bond acceptors (Lipinski definition) is 2. The quantitative estimate of drug-likeness (QED) is 0.496. The number of benzene rings is 2. The molecule has 4 nitrogen and oxygen atoms in total. The molecular formula is C18H24Cl2N2O2Si2Ti. The van der Waals surface area contributed by atoms with E-state index in [1.54, 1.807) is 6.07 Å². The zero-order chi connectivity index (χ0) is 18.4. The maximum absolute atomic E-state index is 12.2. The monoisotopic (exact) mass is 474 g/mol. The molecule has 0 spiro atoms. The van der Waals surface area contributed by atoms with Crippen molar-refractivity contribution in [3.63, 3.8) is 0 Å². The van der Waals surface area contributed by atoms with Crippen molar-refractivity contribution in [2.75, 3.05) is 0 Å². The van der Waals surface area contributed by atoms with Gasteiger partial charge in [-0.3, -0.25) is 0 Å². The van der Waals surface area contributed by atoms with Gasteiger partial charge in [-0.2, -0.15) is 0 Å². The number of halogens is 2. The number of carbonyl (C=O) groups excluding carboxylic acids is 2. The number of rotatable bonds is 4. The summed E-state index contributed by atoms with van der Waals surface area (Å²) in [5.41, 5.74) is 15.8. The summed E-state index contributed by atoms with van der Waals surface area (Å²) in [6.45, 7) is 13.1. The predicted octanol–water partition coefficient (Wildman–Crippen LogP) is -1.68. The largest absolute Gasteiger partial charge is 4.00 e. The Morgan fingerprint density at radius 1 is 0.704 bits per heavy atom. The third-order valence-corrected chi connectivity index (χ3v) is 8.44. The van der Waals surface area contributed by atoms with E-state index in [1.165, 1.54) is 0 Å². The summed E-state index contributed by atoms with van der Waals surface area (Å²) < 4.78 is 0. The Hall–Kier alpha value is -0.632. The van der Waals surface area contributed by atoms with Crippen LogP contribution in [0, 0.1) is 0 Å². The molecule has 27 heavy (non-hydrogen) atoms. The van der Waals surface area contributed by atoms with E-state index in [1.807, 2.05) is 18.2 Å². The van der Waals surface area contributed by atoms with Gasteiger partial charge in [0, 0.05) is 11.1 Å². The average molecular weight is 475 g/mol. The molecule has 0 aliphatic rings. The Morgan fingerprint density at radius 2 is 1.07 bits per heavy atom. The molecule has 2 aromatic carbocycles. The summed E-state index contributed by atoms with van der Waals surface area (Å²) >= 11 is 0. The van der Waals surface area contributed by atoms with Crippen molar-refractivity contribution in [3.8, 4) is 0 Å². The van der Waals surface area contributed by atoms with Crippen LogP contribution in [-0.4, -0.2) is 28.0 Å². The van der Waals surface area contributed by atoms with Crippen molar-refractivity contribution in [2.45, 2.75) is 39.3 Å². The third-order valence-electron chi connectivity index (χ3n) is 4.17. The SMILES string of the molecule is C[Si](C)(C)c1c(C([NH-])=O)c(C([NH-])=O)c2ccccc2c1[Si](C)(C)C.[Cl-].[Cl-].[Ti+4]. The van der Waals surface area contributed by atoms with E-state index >= 15 is 0 Å². The second-order valence-electron chi connectivity index (χ2n) is 8.20. The molecule has 0 aromatic heterocycles. The molecule has 2 rings (SSSR count). The number of amides is 2. The zero-order valence-electron chi connectivity index (χ0n) is 16.4. The molecule has 0 bridgehead atoms. The van der Waals surface area contributed by atoms with Crippen LogP contribution in [0.4, 0.5) is 0 Å². The number of fused-ring (bicyclic) bond motifs is 1. The van der Waals surface area contributed by atoms with Crippen LogP contribution in [0.3, 0.4) is 0 Å². The molecular weight excluding hydrogens is 451 g/mol. The van der Waals surface area contributed by atoms with E-state index < -0.39 is 28.0 Å². The van der Waals surface area contributed by atoms with Crippen LogP contribution < -0.4 is 35.2 Å². The molecule has 0 heterocycles. The number of hydrogen-bond donors (Lipinski definition) is 0. The smallest absolute Gasteiger partial charge is 1.00 e. The molecule has 0 radical (unpaired) electrons. The fourth-order valence-corrected chi connectivity index (χ4v) is 9.45. The minimum Gasteiger partial charge on any atom is -1.00 e. The van der Waals surface area contributed by atoms with Gasteiger partial charge in [-0.15, -0.1) is 0 Å². The molecule has 0 saturated carbocycles. The van der Waals surface area contributed by atoms with Gasteiger partial charge >= 0.3 is 21.7 Å². The Kier molecular flexibility index (Phi) is 10.3. The second kappa shape index (κ2) is 9.72. The molecule has 0 atom stereocenters. The first kappa shape index (κ1) is 28.6. The minimum atomic E-state index is -2.03. The van der Waals surface area contributed by atoms with E-state index in [-0.39, 0.29) is 57.7 Å². The van der Waals surface area contributed by atoms with Crippen molar-refractivity contribution in [1.29, 1.82) is 0 Å². The van der Waals surface area contributed by atoms with Crippen LogP contribution >= 0.6 is 0 Å². The van der Waals surface area contributed by atoms with Crippen molar-refractivity contribution >= 4 is 49.1 Å². The maximum Gasteiger partial charge on any atom is 4.00 e. The minimum absolute atomic E-state index is 0. The Labute approximate surface area is 190 Å². The molecule has 0 saturated heterocycles. The summed E-state index contributed by atoms with van der Waals surface area (Å²) in [6, 6.07) is 7.52. The first-order valence-electron chi connectivity index (χ1n) is 7.99. The fourth-order valence-electron chi connectivity index (χ4n) is 3.43. The van der Waals surface area contributed by atoms with Crippen LogP contribution in [0.5, 0.6) is 0 Å². The molecule has 0 fully saturated rings. The van der Waals surface area contributed by atoms with Crippen LogP contribution in [0.25, 0.3) is 22.2 Å². The average Bonchev–Trinajstić information content (AvgIpc) is 2.41. The summed E-state index contributed by atoms with van der Waals surface area (Å²) in [7, 11) is -3.89. The molecule has 2 N–H and O–H groups in total. The molecule has 2 aromatic rings. The predicted molar refractivity (Wildman–Crippen MR) is 107 cm³/mol. The van der Waals surface area contributed by atoms with E-state index in [2.05, 4.69) is 39.3 Å². The topological polar surface area (TPSA) is 81.7 Å². The van der Waals surface area contributed by atoms with Gasteiger partial charge in [0.25, 0.3) is 0 Å². The van der Waals surface area contributed by atoms with Gasteiger partial charge in [0.15, 0.2) is 0 Å². The van der Waals surface area contributed by atoms with Crippen molar-refractivity contribution in [1.82, 2.24) is 0 Å². The van der Waals surface area contributed by atoms with Crippen molar-refractivity contribution < 1.29 is 56.1 Å². The maximum atomic E-state index is 12.2. The number of carbonyl (C=O) groups is 2. The van der Waals surface area contributed by atoms with Crippen LogP contribution in [0.2, 0.25) is 39.3 Å². The standard InChI is InChI=1S/C18H26N2O2Si2.2ClH.Ti/c1-23(2,3)15-12-10-8-7-9-11(12)13(17(19)21)14(18(20)22)16(15)24(4,5)6;;;/h7-10H,1-6H3,(H4,19,20,21,22);2*1H;/q;;;+4/p-4. The molecule has 0 unspecified atom stereocenters. The van der Waals surface area contributed by atoms with Gasteiger partial charge in [-0.05, 0) is 10.8 Å². The third kappa shape index (κ3) is 5.46. The van der Waals surface area contributed by atoms with Crippen LogP contribution in [0.1, 0.15) is 20.7 Å². The van der Waals surface area contributed by atoms with Crippen LogP contribution in [-0.2, 0) is 21.7 Å². The molecule has 2 amide bonds. The normalized spacial score (nSPS) is 11.0. The first-order chi connectivity index (χ1) is 10.9. The Bertz CT molecular complexity index is 863.